The van der Waals surface area contributed by atoms with Crippen molar-refractivity contribution in [3.63, 3.8) is 0 Å². The Morgan fingerprint density at radius 3 is 2.00 bits per heavy atom. The monoisotopic (exact) mass is 892 g/mol. The van der Waals surface area contributed by atoms with Gasteiger partial charge in [0.1, 0.15) is 36.0 Å². The number of nitrogens with one attached hydrogen (secondary N) is 5. The average Bonchev–Trinajstić information content (AvgIpc) is 3.27. The van der Waals surface area contributed by atoms with Crippen LogP contribution in [0, 0.1) is 6.92 Å². The number of benzene rings is 2. The fraction of sp³-hybridized carbons (Fsp3) is 0.604. The minimum atomic E-state index is -1.32. The van der Waals surface area contributed by atoms with Crippen LogP contribution >= 0.6 is 0 Å². The van der Waals surface area contributed by atoms with Gasteiger partial charge in [-0.3, -0.25) is 33.6 Å². The Hall–Kier alpha value is -5.51. The number of carbonyl (C=O) groups excluding carboxylic acids is 7. The number of phenolic OH excluding ortho intramolecular Hbond substituents is 1. The third-order valence-corrected chi connectivity index (χ3v) is 12.0. The van der Waals surface area contributed by atoms with Gasteiger partial charge in [0, 0.05) is 39.5 Å². The summed E-state index contributed by atoms with van der Waals surface area (Å²) in [5.74, 6) is -4.35. The van der Waals surface area contributed by atoms with E-state index in [1.807, 2.05) is 6.92 Å². The van der Waals surface area contributed by atoms with Crippen molar-refractivity contribution < 1.29 is 43.8 Å². The van der Waals surface area contributed by atoms with Crippen LogP contribution in [-0.2, 0) is 40.0 Å². The second-order valence-corrected chi connectivity index (χ2v) is 17.1. The van der Waals surface area contributed by atoms with Gasteiger partial charge in [-0.15, -0.1) is 0 Å². The molecule has 7 amide bonds. The first-order chi connectivity index (χ1) is 30.5. The van der Waals surface area contributed by atoms with Gasteiger partial charge < -0.3 is 46.6 Å². The number of aromatic hydroxyl groups is 1. The normalized spacial score (nSPS) is 17.2. The summed E-state index contributed by atoms with van der Waals surface area (Å²) in [5, 5.41) is 33.9. The van der Waals surface area contributed by atoms with Gasteiger partial charge in [0.25, 0.3) is 0 Å². The van der Waals surface area contributed by atoms with E-state index < -0.39 is 78.8 Å². The molecule has 2 aromatic rings. The van der Waals surface area contributed by atoms with Crippen LogP contribution < -0.4 is 26.6 Å². The lowest BCUT2D eigenvalue weighted by Crippen LogP contribution is -2.55. The van der Waals surface area contributed by atoms with Crippen molar-refractivity contribution in [3.8, 4) is 16.9 Å². The van der Waals surface area contributed by atoms with Gasteiger partial charge >= 0.3 is 0 Å². The van der Waals surface area contributed by atoms with E-state index in [2.05, 4.69) is 33.5 Å². The molecule has 0 radical (unpaired) electrons. The van der Waals surface area contributed by atoms with Crippen molar-refractivity contribution in [1.82, 2.24) is 36.4 Å². The molecule has 354 valence electrons. The van der Waals surface area contributed by atoms with Crippen molar-refractivity contribution in [1.29, 1.82) is 0 Å². The number of nitrogens with zero attached hydrogens (tertiary/aromatic N) is 2. The number of hydrogen-bond acceptors (Lipinski definition) is 9. The first-order valence-corrected chi connectivity index (χ1v) is 23.0. The molecule has 0 unspecified atom stereocenters. The molecule has 7 N–H and O–H groups in total. The first kappa shape index (κ1) is 52.8. The summed E-state index contributed by atoms with van der Waals surface area (Å²) in [6, 6.07) is 4.06. The highest BCUT2D eigenvalue weighted by molar-refractivity contribution is 5.96. The van der Waals surface area contributed by atoms with Crippen LogP contribution in [0.2, 0.25) is 0 Å². The number of amides is 7. The maximum Gasteiger partial charge on any atom is 0.248 e. The molecule has 5 atom stereocenters. The molecular weight excluding hydrogens is 819 g/mol. The Bertz CT molecular complexity index is 1910. The van der Waals surface area contributed by atoms with E-state index in [0.29, 0.717) is 28.7 Å². The highest BCUT2D eigenvalue weighted by Crippen LogP contribution is 2.35. The van der Waals surface area contributed by atoms with Crippen molar-refractivity contribution >= 4 is 41.4 Å². The predicted octanol–water partition coefficient (Wildman–Crippen LogP) is 4.08. The van der Waals surface area contributed by atoms with Gasteiger partial charge in [0.15, 0.2) is 0 Å². The number of phenols is 1. The molecule has 0 aromatic heterocycles. The summed E-state index contributed by atoms with van der Waals surface area (Å²) in [4.78, 5) is 95.5. The summed E-state index contributed by atoms with van der Waals surface area (Å²) in [6.45, 7) is 5.66. The number of rotatable bonds is 23. The molecular formula is C48H73N7O9. The molecule has 0 spiro atoms. The maximum absolute atomic E-state index is 14.0. The first-order valence-electron chi connectivity index (χ1n) is 23.0. The second kappa shape index (κ2) is 27.0. The lowest BCUT2D eigenvalue weighted by molar-refractivity contribution is -0.142. The summed E-state index contributed by atoms with van der Waals surface area (Å²) in [7, 11) is 4.25. The van der Waals surface area contributed by atoms with E-state index >= 15 is 0 Å². The molecule has 1 aliphatic rings. The number of unbranched alkanes of at least 4 members (excludes halogenated alkanes) is 12. The van der Waals surface area contributed by atoms with E-state index in [9.17, 15) is 43.8 Å². The van der Waals surface area contributed by atoms with E-state index in [-0.39, 0.29) is 24.5 Å². The molecule has 16 nitrogen and oxygen atoms in total. The number of aliphatic hydroxyl groups is 1. The molecule has 1 heterocycles. The molecule has 64 heavy (non-hydrogen) atoms. The summed E-state index contributed by atoms with van der Waals surface area (Å²) in [5.41, 5.74) is 2.72. The zero-order chi connectivity index (χ0) is 47.3. The average molecular weight is 892 g/mol. The van der Waals surface area contributed by atoms with Gasteiger partial charge in [-0.05, 0) is 67.6 Å². The fourth-order valence-corrected chi connectivity index (χ4v) is 7.84. The molecule has 4 bridgehead atoms. The Morgan fingerprint density at radius 1 is 0.797 bits per heavy atom. The van der Waals surface area contributed by atoms with Gasteiger partial charge in [-0.1, -0.05) is 102 Å². The van der Waals surface area contributed by atoms with Crippen LogP contribution in [0.4, 0.5) is 0 Å². The van der Waals surface area contributed by atoms with Crippen LogP contribution in [0.3, 0.4) is 0 Å². The zero-order valence-corrected chi connectivity index (χ0v) is 39.0. The van der Waals surface area contributed by atoms with Gasteiger partial charge in [0.2, 0.25) is 41.4 Å². The maximum atomic E-state index is 14.0. The fourth-order valence-electron chi connectivity index (χ4n) is 7.84. The number of carbonyl (C=O) groups is 7. The van der Waals surface area contributed by atoms with Crippen molar-refractivity contribution in [2.75, 3.05) is 34.3 Å². The van der Waals surface area contributed by atoms with E-state index in [1.165, 1.54) is 104 Å². The van der Waals surface area contributed by atoms with Crippen molar-refractivity contribution in [2.45, 2.75) is 154 Å². The molecule has 0 saturated heterocycles. The number of fused-ring (bicyclic) bond motifs is 5. The highest BCUT2D eigenvalue weighted by atomic mass is 16.3. The highest BCUT2D eigenvalue weighted by Gasteiger charge is 2.34. The topological polar surface area (TPSA) is 227 Å². The summed E-state index contributed by atoms with van der Waals surface area (Å²) >= 11 is 0. The SMILES string of the molecule is CCCCCCCCCCCCCCCC(=O)N(C)[C@H](CO)C(=O)N[C@H](C)C(=O)NCC(=O)N(C)[C@@H]1C(=O)N[C@@H](C)C(=O)N[C@H](C(=O)NC)Cc2ccc(O)c(c2)-c2cc1ccc2C. The van der Waals surface area contributed by atoms with Crippen LogP contribution in [0.5, 0.6) is 5.75 Å². The number of likely N-dealkylation sites (N-methyl/N-ethyl adjacent to an activating group) is 3. The predicted molar refractivity (Wildman–Crippen MR) is 246 cm³/mol. The van der Waals surface area contributed by atoms with Crippen molar-refractivity contribution in [3.05, 3.63) is 53.1 Å². The smallest absolute Gasteiger partial charge is 0.248 e. The summed E-state index contributed by atoms with van der Waals surface area (Å²) < 4.78 is 0. The number of aryl methyl sites for hydroxylation is 1. The van der Waals surface area contributed by atoms with Gasteiger partial charge in [0.05, 0.1) is 13.2 Å². The van der Waals surface area contributed by atoms with Crippen LogP contribution in [0.1, 0.15) is 133 Å². The van der Waals surface area contributed by atoms with Gasteiger partial charge in [-0.2, -0.15) is 0 Å². The minimum Gasteiger partial charge on any atom is -0.507 e. The van der Waals surface area contributed by atoms with E-state index in [0.717, 1.165) is 29.7 Å². The Morgan fingerprint density at radius 2 is 1.41 bits per heavy atom. The molecule has 0 saturated carbocycles. The van der Waals surface area contributed by atoms with Crippen LogP contribution in [0.15, 0.2) is 36.4 Å². The third kappa shape index (κ3) is 15.9. The second-order valence-electron chi connectivity index (χ2n) is 17.1. The molecule has 0 aliphatic carbocycles. The third-order valence-electron chi connectivity index (χ3n) is 12.0. The molecule has 3 rings (SSSR count). The Labute approximate surface area is 379 Å². The zero-order valence-electron chi connectivity index (χ0n) is 39.0. The van der Waals surface area contributed by atoms with E-state index in [4.69, 9.17) is 0 Å². The van der Waals surface area contributed by atoms with Crippen LogP contribution in [-0.4, -0.2) is 120 Å². The standard InChI is InChI=1S/C48H73N7O9/c1-8-9-10-11-12-13-14-15-16-17-18-19-20-21-41(58)54(6)39(30-56)47(63)51-32(3)44(60)50-29-42(59)55(7)43-35-24-22-31(2)36(28-35)37-26-34(23-25-40(37)57)27-38(46(62)49-5)53-45(61)33(4)52-48(43)64/h22-26,28,32-33,38-39,43,56-57H,8-21,27,29-30H2,1-7H3,(H,49,62)(H,50,60)(H,51,63)(H,52,64)(H,53,61)/t32-,33+,38+,39-,43+/m1/s1. The Kier molecular flexibility index (Phi) is 22.3. The number of hydrogen-bond donors (Lipinski definition) is 7. The lowest BCUT2D eigenvalue weighted by Gasteiger charge is -2.30. The molecule has 1 aliphatic heterocycles. The van der Waals surface area contributed by atoms with E-state index in [1.54, 1.807) is 30.3 Å². The van der Waals surface area contributed by atoms with Crippen LogP contribution in [0.25, 0.3) is 11.1 Å². The largest absolute Gasteiger partial charge is 0.507 e. The molecule has 16 heteroatoms. The lowest BCUT2D eigenvalue weighted by atomic mass is 9.91. The summed E-state index contributed by atoms with van der Waals surface area (Å²) in [6.07, 6.45) is 15.6. The molecule has 2 aromatic carbocycles. The molecule has 0 fully saturated rings. The van der Waals surface area contributed by atoms with Crippen molar-refractivity contribution in [2.24, 2.45) is 0 Å². The number of aliphatic hydroxyl groups excluding tert-OH is 1. The van der Waals surface area contributed by atoms with Gasteiger partial charge in [-0.25, -0.2) is 0 Å². The Balaban J connectivity index is 1.61. The minimum absolute atomic E-state index is 0.0619. The quantitative estimate of drug-likeness (QED) is 0.0797.